The van der Waals surface area contributed by atoms with Crippen molar-refractivity contribution < 1.29 is 19.5 Å². The fraction of sp³-hybridized carbons (Fsp3) is 0.406. The number of fused-ring (bicyclic) bond motifs is 1. The van der Waals surface area contributed by atoms with Crippen molar-refractivity contribution in [3.63, 3.8) is 0 Å². The van der Waals surface area contributed by atoms with Gasteiger partial charge in [-0.2, -0.15) is 0 Å². The van der Waals surface area contributed by atoms with E-state index >= 15 is 0 Å². The summed E-state index contributed by atoms with van der Waals surface area (Å²) in [5.74, 6) is -1.98. The van der Waals surface area contributed by atoms with E-state index in [0.29, 0.717) is 30.1 Å². The number of amides is 3. The molecule has 0 aromatic heterocycles. The Morgan fingerprint density at radius 3 is 2.22 bits per heavy atom. The van der Waals surface area contributed by atoms with Crippen LogP contribution in [0, 0.1) is 11.8 Å². The highest BCUT2D eigenvalue weighted by molar-refractivity contribution is 8.02. The van der Waals surface area contributed by atoms with E-state index in [9.17, 15) is 19.5 Å². The number of hydrogen-bond donors (Lipinski definition) is 1. The summed E-state index contributed by atoms with van der Waals surface area (Å²) in [4.78, 5) is 48.4. The third kappa shape index (κ3) is 4.70. The van der Waals surface area contributed by atoms with E-state index in [0.717, 1.165) is 5.69 Å². The van der Waals surface area contributed by atoms with Crippen molar-refractivity contribution in [1.29, 1.82) is 0 Å². The summed E-state index contributed by atoms with van der Waals surface area (Å²) >= 11 is 7.74. The van der Waals surface area contributed by atoms with Crippen LogP contribution in [0.4, 0.5) is 11.4 Å². The Hall–Kier alpha value is -3.07. The predicted octanol–water partition coefficient (Wildman–Crippen LogP) is 4.94. The van der Waals surface area contributed by atoms with Gasteiger partial charge in [-0.1, -0.05) is 42.0 Å². The van der Waals surface area contributed by atoms with Gasteiger partial charge >= 0.3 is 0 Å². The number of para-hydroxylation sites is 1. The Labute approximate surface area is 250 Å². The molecular weight excluding hydrogens is 558 g/mol. The van der Waals surface area contributed by atoms with E-state index in [-0.39, 0.29) is 30.9 Å². The zero-order valence-corrected chi connectivity index (χ0v) is 25.0. The fourth-order valence-electron chi connectivity index (χ4n) is 7.03. The van der Waals surface area contributed by atoms with Crippen molar-refractivity contribution in [2.75, 3.05) is 29.5 Å². The number of anilines is 2. The van der Waals surface area contributed by atoms with E-state index in [1.807, 2.05) is 30.3 Å². The first-order chi connectivity index (χ1) is 19.6. The minimum atomic E-state index is -0.855. The number of benzene rings is 2. The van der Waals surface area contributed by atoms with E-state index in [4.69, 9.17) is 11.6 Å². The lowest BCUT2D eigenvalue weighted by Crippen LogP contribution is -2.57. The van der Waals surface area contributed by atoms with Crippen LogP contribution in [-0.4, -0.2) is 69.0 Å². The summed E-state index contributed by atoms with van der Waals surface area (Å²) in [6.07, 6.45) is 4.65. The van der Waals surface area contributed by atoms with Gasteiger partial charge in [-0.05, 0) is 63.1 Å². The molecule has 6 atom stereocenters. The number of carbonyl (C=O) groups excluding carboxylic acids is 3. The molecule has 1 spiro atoms. The largest absolute Gasteiger partial charge is 0.394 e. The van der Waals surface area contributed by atoms with Gasteiger partial charge in [0, 0.05) is 34.2 Å². The number of thioether (sulfide) groups is 1. The summed E-state index contributed by atoms with van der Waals surface area (Å²) in [7, 11) is 0. The Balaban J connectivity index is 1.60. The molecular formula is C32H36ClN3O4S. The van der Waals surface area contributed by atoms with Gasteiger partial charge in [0.25, 0.3) is 5.91 Å². The summed E-state index contributed by atoms with van der Waals surface area (Å²) < 4.78 is -1.34. The van der Waals surface area contributed by atoms with Crippen LogP contribution in [0.25, 0.3) is 0 Å². The number of nitrogens with zero attached hydrogens (tertiary/aromatic N) is 3. The molecule has 2 bridgehead atoms. The second-order valence-electron chi connectivity index (χ2n) is 11.3. The van der Waals surface area contributed by atoms with Crippen molar-refractivity contribution in [1.82, 2.24) is 4.90 Å². The van der Waals surface area contributed by atoms with Crippen LogP contribution < -0.4 is 9.80 Å². The highest BCUT2D eigenvalue weighted by Crippen LogP contribution is 2.72. The van der Waals surface area contributed by atoms with Crippen LogP contribution in [-0.2, 0) is 14.4 Å². The molecule has 2 aromatic rings. The van der Waals surface area contributed by atoms with Gasteiger partial charge in [-0.15, -0.1) is 24.9 Å². The lowest BCUT2D eigenvalue weighted by Gasteiger charge is -2.39. The quantitative estimate of drug-likeness (QED) is 0.395. The van der Waals surface area contributed by atoms with Crippen LogP contribution in [0.15, 0.2) is 79.9 Å². The average molecular weight is 594 g/mol. The van der Waals surface area contributed by atoms with Gasteiger partial charge in [0.05, 0.1) is 29.2 Å². The van der Waals surface area contributed by atoms with Gasteiger partial charge in [-0.3, -0.25) is 14.4 Å². The summed E-state index contributed by atoms with van der Waals surface area (Å²) in [5.41, 5.74) is 1.38. The first kappa shape index (κ1) is 29.4. The number of aliphatic hydroxyl groups is 1. The van der Waals surface area contributed by atoms with Crippen LogP contribution in [0.2, 0.25) is 5.02 Å². The molecule has 3 heterocycles. The normalized spacial score (nSPS) is 28.7. The van der Waals surface area contributed by atoms with Crippen LogP contribution in [0.1, 0.15) is 26.7 Å². The van der Waals surface area contributed by atoms with E-state index in [1.165, 1.54) is 0 Å². The number of hydrogen-bond acceptors (Lipinski definition) is 5. The molecule has 2 unspecified atom stereocenters. The van der Waals surface area contributed by atoms with Crippen molar-refractivity contribution in [3.8, 4) is 0 Å². The van der Waals surface area contributed by atoms with Crippen molar-refractivity contribution in [2.24, 2.45) is 11.8 Å². The van der Waals surface area contributed by atoms with Gasteiger partial charge in [-0.25, -0.2) is 0 Å². The number of rotatable bonds is 10. The molecule has 0 radical (unpaired) electrons. The van der Waals surface area contributed by atoms with Crippen molar-refractivity contribution in [2.45, 2.75) is 48.3 Å². The first-order valence-corrected chi connectivity index (χ1v) is 15.1. The molecule has 7 nitrogen and oxygen atoms in total. The summed E-state index contributed by atoms with van der Waals surface area (Å²) in [6, 6.07) is 14.9. The molecule has 41 heavy (non-hydrogen) atoms. The maximum Gasteiger partial charge on any atom is 0.251 e. The smallest absolute Gasteiger partial charge is 0.251 e. The molecule has 3 saturated heterocycles. The van der Waals surface area contributed by atoms with Crippen LogP contribution >= 0.6 is 23.4 Å². The molecule has 3 aliphatic heterocycles. The minimum Gasteiger partial charge on any atom is -0.394 e. The molecule has 3 amide bonds. The van der Waals surface area contributed by atoms with Gasteiger partial charge in [0.15, 0.2) is 0 Å². The van der Waals surface area contributed by atoms with Crippen molar-refractivity contribution >= 4 is 52.5 Å². The van der Waals surface area contributed by atoms with Crippen LogP contribution in [0.3, 0.4) is 0 Å². The zero-order chi connectivity index (χ0) is 29.5. The molecule has 1 N–H and O–H groups in total. The van der Waals surface area contributed by atoms with Crippen LogP contribution in [0.5, 0.6) is 0 Å². The van der Waals surface area contributed by atoms with E-state index < -0.39 is 33.4 Å². The molecule has 0 saturated carbocycles. The SMILES string of the molecule is C=CCN(C(=O)C1N([C@H](C)CO)C(=O)[C@@H]2[C@H](C(=O)N(CC=C)c3ccccc3)[C@]3(C)CCC12S3)c1ccc(Cl)cc1. The third-order valence-corrected chi connectivity index (χ3v) is 11.1. The maximum absolute atomic E-state index is 14.6. The van der Waals surface area contributed by atoms with E-state index in [1.54, 1.807) is 69.8 Å². The Morgan fingerprint density at radius 2 is 1.63 bits per heavy atom. The monoisotopic (exact) mass is 593 g/mol. The number of likely N-dealkylation sites (tertiary alicyclic amines) is 1. The highest BCUT2D eigenvalue weighted by atomic mass is 35.5. The molecule has 9 heteroatoms. The topological polar surface area (TPSA) is 81.2 Å². The van der Waals surface area contributed by atoms with Gasteiger partial charge < -0.3 is 19.8 Å². The van der Waals surface area contributed by atoms with Gasteiger partial charge in [0.2, 0.25) is 11.8 Å². The lowest BCUT2D eigenvalue weighted by molar-refractivity contribution is -0.142. The highest BCUT2D eigenvalue weighted by Gasteiger charge is 2.78. The molecule has 2 aromatic carbocycles. The summed E-state index contributed by atoms with van der Waals surface area (Å²) in [6.45, 7) is 11.8. The first-order valence-electron chi connectivity index (χ1n) is 13.9. The Kier molecular flexibility index (Phi) is 8.12. The molecule has 0 aliphatic carbocycles. The third-order valence-electron chi connectivity index (χ3n) is 8.82. The second kappa shape index (κ2) is 11.3. The lowest BCUT2D eigenvalue weighted by atomic mass is 9.66. The summed E-state index contributed by atoms with van der Waals surface area (Å²) in [5, 5.41) is 10.8. The number of aliphatic hydroxyl groups excluding tert-OH is 1. The Morgan fingerprint density at radius 1 is 1.05 bits per heavy atom. The number of carbonyl (C=O) groups is 3. The number of halogens is 1. The van der Waals surface area contributed by atoms with Crippen molar-refractivity contribution in [3.05, 3.63) is 84.9 Å². The zero-order valence-electron chi connectivity index (χ0n) is 23.4. The maximum atomic E-state index is 14.6. The average Bonchev–Trinajstić information content (AvgIpc) is 3.55. The van der Waals surface area contributed by atoms with Gasteiger partial charge in [0.1, 0.15) is 6.04 Å². The van der Waals surface area contributed by atoms with E-state index in [2.05, 4.69) is 20.1 Å². The minimum absolute atomic E-state index is 0.142. The Bertz CT molecular complexity index is 1350. The molecule has 3 aliphatic rings. The predicted molar refractivity (Wildman–Crippen MR) is 165 cm³/mol. The standard InChI is InChI=1S/C32H36ClN3O4S/c1-5-18-34(23-10-8-7-9-11-23)28(38)25-26-29(39)36(21(3)20-37)27(32(26)17-16-31(25,4)41-32)30(40)35(19-6-2)24-14-12-22(33)13-15-24/h5-15,21,25-27,37H,1-2,16-20H2,3-4H3/t21-,25-,26+,27?,31+,32?/m1/s1. The molecule has 216 valence electrons. The second-order valence-corrected chi connectivity index (χ2v) is 13.6. The molecule has 3 fully saturated rings. The fourth-order valence-corrected chi connectivity index (χ4v) is 9.49. The molecule has 5 rings (SSSR count).